The summed E-state index contributed by atoms with van der Waals surface area (Å²) in [7, 11) is 0. The second-order valence-electron chi connectivity index (χ2n) is 4.33. The van der Waals surface area contributed by atoms with Gasteiger partial charge in [-0.3, -0.25) is 4.79 Å². The number of nitrogen functional groups attached to an aromatic ring is 1. The highest BCUT2D eigenvalue weighted by Crippen LogP contribution is 2.09. The summed E-state index contributed by atoms with van der Waals surface area (Å²) in [5.41, 5.74) is 7.49. The maximum Gasteiger partial charge on any atom is 0.220 e. The van der Waals surface area contributed by atoms with Crippen LogP contribution in [0.5, 0.6) is 0 Å². The van der Waals surface area contributed by atoms with E-state index in [2.05, 4.69) is 11.2 Å². The van der Waals surface area contributed by atoms with Gasteiger partial charge in [-0.15, -0.1) is 12.3 Å². The van der Waals surface area contributed by atoms with Crippen LogP contribution in [-0.4, -0.2) is 11.9 Å². The molecule has 3 heteroatoms. The molecular weight excluding hydrogens is 224 g/mol. The minimum atomic E-state index is 0.0412. The van der Waals surface area contributed by atoms with Crippen molar-refractivity contribution in [3.8, 4) is 12.3 Å². The highest BCUT2D eigenvalue weighted by molar-refractivity contribution is 5.76. The van der Waals surface area contributed by atoms with Gasteiger partial charge in [0, 0.05) is 24.6 Å². The summed E-state index contributed by atoms with van der Waals surface area (Å²) in [5.74, 6) is 2.62. The maximum absolute atomic E-state index is 11.7. The number of hydrogen-bond donors (Lipinski definition) is 2. The van der Waals surface area contributed by atoms with Crippen LogP contribution in [0.3, 0.4) is 0 Å². The Balaban J connectivity index is 2.39. The van der Waals surface area contributed by atoms with Crippen molar-refractivity contribution in [2.45, 2.75) is 38.6 Å². The van der Waals surface area contributed by atoms with Crippen molar-refractivity contribution in [3.05, 3.63) is 29.8 Å². The molecule has 3 nitrogen and oxygen atoms in total. The van der Waals surface area contributed by atoms with E-state index in [9.17, 15) is 4.79 Å². The molecule has 1 amide bonds. The predicted molar refractivity (Wildman–Crippen MR) is 74.8 cm³/mol. The first-order valence-electron chi connectivity index (χ1n) is 6.23. The fourth-order valence-electron chi connectivity index (χ4n) is 1.75. The normalized spacial score (nSPS) is 11.6. The van der Waals surface area contributed by atoms with Crippen LogP contribution in [-0.2, 0) is 11.2 Å². The van der Waals surface area contributed by atoms with Gasteiger partial charge in [0.1, 0.15) is 0 Å². The van der Waals surface area contributed by atoms with E-state index < -0.39 is 0 Å². The zero-order valence-electron chi connectivity index (χ0n) is 10.8. The lowest BCUT2D eigenvalue weighted by molar-refractivity contribution is -0.121. The van der Waals surface area contributed by atoms with E-state index in [-0.39, 0.29) is 11.9 Å². The van der Waals surface area contributed by atoms with Gasteiger partial charge in [-0.25, -0.2) is 0 Å². The smallest absolute Gasteiger partial charge is 0.220 e. The molecule has 1 atom stereocenters. The van der Waals surface area contributed by atoms with E-state index in [4.69, 9.17) is 12.2 Å². The van der Waals surface area contributed by atoms with Gasteiger partial charge >= 0.3 is 0 Å². The van der Waals surface area contributed by atoms with Gasteiger partial charge in [0.25, 0.3) is 0 Å². The first-order valence-corrected chi connectivity index (χ1v) is 6.23. The monoisotopic (exact) mass is 244 g/mol. The van der Waals surface area contributed by atoms with Gasteiger partial charge < -0.3 is 11.1 Å². The summed E-state index contributed by atoms with van der Waals surface area (Å²) in [4.78, 5) is 11.7. The van der Waals surface area contributed by atoms with Gasteiger partial charge in [-0.05, 0) is 30.5 Å². The lowest BCUT2D eigenvalue weighted by atomic mass is 10.1. The zero-order valence-corrected chi connectivity index (χ0v) is 10.8. The molecule has 0 bridgehead atoms. The van der Waals surface area contributed by atoms with Crippen molar-refractivity contribution in [2.24, 2.45) is 0 Å². The van der Waals surface area contributed by atoms with Crippen molar-refractivity contribution in [2.75, 3.05) is 5.73 Å². The van der Waals surface area contributed by atoms with Crippen LogP contribution in [0.15, 0.2) is 24.3 Å². The second kappa shape index (κ2) is 7.39. The fraction of sp³-hybridized carbons (Fsp3) is 0.400. The summed E-state index contributed by atoms with van der Waals surface area (Å²) < 4.78 is 0. The molecule has 0 fully saturated rings. The van der Waals surface area contributed by atoms with Crippen LogP contribution in [0.25, 0.3) is 0 Å². The third-order valence-corrected chi connectivity index (χ3v) is 2.81. The number of rotatable bonds is 6. The Kier molecular flexibility index (Phi) is 5.79. The third kappa shape index (κ3) is 4.92. The summed E-state index contributed by atoms with van der Waals surface area (Å²) in [5, 5.41) is 2.94. The number of nitrogens with two attached hydrogens (primary N) is 1. The number of carbonyl (C=O) groups is 1. The zero-order chi connectivity index (χ0) is 13.4. The molecule has 1 aromatic rings. The molecule has 0 aromatic heterocycles. The third-order valence-electron chi connectivity index (χ3n) is 2.81. The van der Waals surface area contributed by atoms with E-state index >= 15 is 0 Å². The SMILES string of the molecule is C#CCC(CC)NC(=O)CCc1cccc(N)c1. The van der Waals surface area contributed by atoms with Crippen molar-refractivity contribution in [1.29, 1.82) is 0 Å². The highest BCUT2D eigenvalue weighted by atomic mass is 16.1. The summed E-state index contributed by atoms with van der Waals surface area (Å²) >= 11 is 0. The van der Waals surface area contributed by atoms with E-state index in [0.29, 0.717) is 19.3 Å². The lowest BCUT2D eigenvalue weighted by Crippen LogP contribution is -2.34. The van der Waals surface area contributed by atoms with Gasteiger partial charge in [0.15, 0.2) is 0 Å². The average Bonchev–Trinajstić information content (AvgIpc) is 2.36. The van der Waals surface area contributed by atoms with Crippen LogP contribution in [0.4, 0.5) is 5.69 Å². The first-order chi connectivity index (χ1) is 8.65. The van der Waals surface area contributed by atoms with Crippen LogP contribution >= 0.6 is 0 Å². The van der Waals surface area contributed by atoms with Crippen LogP contribution < -0.4 is 11.1 Å². The molecule has 0 saturated heterocycles. The molecule has 96 valence electrons. The van der Waals surface area contributed by atoms with Gasteiger partial charge in [0.2, 0.25) is 5.91 Å². The summed E-state index contributed by atoms with van der Waals surface area (Å²) in [6.07, 6.45) is 7.85. The molecule has 0 heterocycles. The highest BCUT2D eigenvalue weighted by Gasteiger charge is 2.09. The Morgan fingerprint density at radius 1 is 1.56 bits per heavy atom. The van der Waals surface area contributed by atoms with Crippen molar-refractivity contribution in [3.63, 3.8) is 0 Å². The molecule has 0 aliphatic heterocycles. The van der Waals surface area contributed by atoms with Gasteiger partial charge in [-0.2, -0.15) is 0 Å². The second-order valence-corrected chi connectivity index (χ2v) is 4.33. The first kappa shape index (κ1) is 14.1. The lowest BCUT2D eigenvalue weighted by Gasteiger charge is -2.14. The van der Waals surface area contributed by atoms with E-state index in [1.807, 2.05) is 31.2 Å². The van der Waals surface area contributed by atoms with Crippen LogP contribution in [0.2, 0.25) is 0 Å². The average molecular weight is 244 g/mol. The Labute approximate surface area is 109 Å². The Bertz CT molecular complexity index is 434. The molecule has 0 aliphatic carbocycles. The number of terminal acetylenes is 1. The largest absolute Gasteiger partial charge is 0.399 e. The van der Waals surface area contributed by atoms with E-state index in [1.54, 1.807) is 0 Å². The Morgan fingerprint density at radius 3 is 2.94 bits per heavy atom. The molecule has 3 N–H and O–H groups in total. The number of anilines is 1. The molecule has 1 unspecified atom stereocenters. The van der Waals surface area contributed by atoms with E-state index in [1.165, 1.54) is 0 Å². The number of benzene rings is 1. The molecule has 0 radical (unpaired) electrons. The molecule has 0 spiro atoms. The predicted octanol–water partition coefficient (Wildman–Crippen LogP) is 2.12. The summed E-state index contributed by atoms with van der Waals surface area (Å²) in [6, 6.07) is 7.69. The number of carbonyl (C=O) groups excluding carboxylic acids is 1. The minimum absolute atomic E-state index is 0.0412. The molecule has 0 aliphatic rings. The number of aryl methyl sites for hydroxylation is 1. The standard InChI is InChI=1S/C15H20N2O/c1-3-6-14(4-2)17-15(18)10-9-12-7-5-8-13(16)11-12/h1,5,7-8,11,14H,4,6,9-10,16H2,2H3,(H,17,18). The van der Waals surface area contributed by atoms with E-state index in [0.717, 1.165) is 17.7 Å². The molecule has 1 rings (SSSR count). The number of nitrogens with one attached hydrogen (secondary N) is 1. The molecule has 0 saturated carbocycles. The number of hydrogen-bond acceptors (Lipinski definition) is 2. The van der Waals surface area contributed by atoms with Crippen LogP contribution in [0.1, 0.15) is 31.7 Å². The van der Waals surface area contributed by atoms with Gasteiger partial charge in [-0.1, -0.05) is 19.1 Å². The fourth-order valence-corrected chi connectivity index (χ4v) is 1.75. The van der Waals surface area contributed by atoms with Crippen molar-refractivity contribution < 1.29 is 4.79 Å². The van der Waals surface area contributed by atoms with Crippen molar-refractivity contribution in [1.82, 2.24) is 5.32 Å². The van der Waals surface area contributed by atoms with Crippen molar-refractivity contribution >= 4 is 11.6 Å². The quantitative estimate of drug-likeness (QED) is 0.595. The molecule has 18 heavy (non-hydrogen) atoms. The molecule has 1 aromatic carbocycles. The Morgan fingerprint density at radius 2 is 2.33 bits per heavy atom. The maximum atomic E-state index is 11.7. The summed E-state index contributed by atoms with van der Waals surface area (Å²) in [6.45, 7) is 2.01. The van der Waals surface area contributed by atoms with Gasteiger partial charge in [0.05, 0.1) is 0 Å². The molecular formula is C15H20N2O. The number of amides is 1. The Hall–Kier alpha value is -1.95. The minimum Gasteiger partial charge on any atom is -0.399 e. The van der Waals surface area contributed by atoms with Crippen LogP contribution in [0, 0.1) is 12.3 Å². The topological polar surface area (TPSA) is 55.1 Å².